The molecule has 2 aromatic carbocycles. The fourth-order valence-corrected chi connectivity index (χ4v) is 1.95. The second-order valence-corrected chi connectivity index (χ2v) is 4.58. The largest absolute Gasteiger partial charge is 0.507 e. The number of nitrogens with zero attached hydrogens (tertiary/aromatic N) is 1. The van der Waals surface area contributed by atoms with Crippen molar-refractivity contribution in [3.63, 3.8) is 0 Å². The number of nitrogens with two attached hydrogens (primary N) is 1. The minimum atomic E-state index is -0.803. The molecular formula is C16H15N3O4. The Morgan fingerprint density at radius 1 is 1.22 bits per heavy atom. The van der Waals surface area contributed by atoms with Gasteiger partial charge in [0.1, 0.15) is 5.75 Å². The first-order chi connectivity index (χ1) is 11.0. The lowest BCUT2D eigenvalue weighted by Crippen LogP contribution is -2.24. The molecule has 0 aliphatic heterocycles. The molecule has 0 radical (unpaired) electrons. The lowest BCUT2D eigenvalue weighted by atomic mass is 10.0. The number of hydrogen-bond donors (Lipinski definition) is 3. The van der Waals surface area contributed by atoms with Crippen molar-refractivity contribution in [1.82, 2.24) is 5.43 Å². The van der Waals surface area contributed by atoms with Crippen molar-refractivity contribution < 1.29 is 19.4 Å². The number of carbonyl (C=O) groups is 2. The summed E-state index contributed by atoms with van der Waals surface area (Å²) < 4.78 is 4.69. The van der Waals surface area contributed by atoms with Crippen LogP contribution >= 0.6 is 0 Å². The molecule has 7 nitrogen and oxygen atoms in total. The smallest absolute Gasteiger partial charge is 0.337 e. The maximum atomic E-state index is 11.6. The topological polar surface area (TPSA) is 114 Å². The molecule has 4 N–H and O–H groups in total. The second-order valence-electron chi connectivity index (χ2n) is 4.58. The molecule has 0 bridgehead atoms. The summed E-state index contributed by atoms with van der Waals surface area (Å²) in [6, 6.07) is 10.9. The van der Waals surface area contributed by atoms with Crippen LogP contribution in [0.5, 0.6) is 5.75 Å². The van der Waals surface area contributed by atoms with E-state index in [4.69, 9.17) is 10.5 Å². The van der Waals surface area contributed by atoms with Gasteiger partial charge in [0.2, 0.25) is 0 Å². The quantitative estimate of drug-likeness (QED) is 0.454. The van der Waals surface area contributed by atoms with Gasteiger partial charge in [0.15, 0.2) is 0 Å². The standard InChI is InChI=1S/C16H15N3O4/c1-23-15(21)12-4-2-3-10(7-12)11-5-6-14(20)13(8-11)9-18-19-16(17)22/h2-9,20H,1H3,(H3,17,19,22). The highest BCUT2D eigenvalue weighted by Gasteiger charge is 2.08. The van der Waals surface area contributed by atoms with E-state index >= 15 is 0 Å². The number of phenols is 1. The molecule has 0 atom stereocenters. The number of phenolic OH excluding ortho intramolecular Hbond substituents is 1. The molecule has 0 saturated carbocycles. The Morgan fingerprint density at radius 2 is 1.96 bits per heavy atom. The fraction of sp³-hybridized carbons (Fsp3) is 0.0625. The lowest BCUT2D eigenvalue weighted by Gasteiger charge is -2.07. The van der Waals surface area contributed by atoms with Gasteiger partial charge in [-0.2, -0.15) is 5.10 Å². The van der Waals surface area contributed by atoms with E-state index in [1.807, 2.05) is 11.5 Å². The molecule has 0 saturated heterocycles. The summed E-state index contributed by atoms with van der Waals surface area (Å²) in [5, 5.41) is 13.4. The van der Waals surface area contributed by atoms with Gasteiger partial charge >= 0.3 is 12.0 Å². The molecule has 7 heteroatoms. The van der Waals surface area contributed by atoms with Crippen LogP contribution in [-0.4, -0.2) is 30.4 Å². The first-order valence-corrected chi connectivity index (χ1v) is 6.61. The van der Waals surface area contributed by atoms with Crippen molar-refractivity contribution in [2.75, 3.05) is 7.11 Å². The molecule has 2 rings (SSSR count). The normalized spacial score (nSPS) is 10.5. The number of amides is 2. The number of aromatic hydroxyl groups is 1. The Morgan fingerprint density at radius 3 is 2.65 bits per heavy atom. The zero-order valence-corrected chi connectivity index (χ0v) is 12.3. The van der Waals surface area contributed by atoms with E-state index in [9.17, 15) is 14.7 Å². The number of urea groups is 1. The van der Waals surface area contributed by atoms with Crippen LogP contribution in [0, 0.1) is 0 Å². The van der Waals surface area contributed by atoms with Gasteiger partial charge in [-0.15, -0.1) is 0 Å². The average molecular weight is 313 g/mol. The van der Waals surface area contributed by atoms with Gasteiger partial charge in [-0.1, -0.05) is 18.2 Å². The summed E-state index contributed by atoms with van der Waals surface area (Å²) in [4.78, 5) is 22.2. The van der Waals surface area contributed by atoms with Crippen LogP contribution in [0.25, 0.3) is 11.1 Å². The highest BCUT2D eigenvalue weighted by atomic mass is 16.5. The number of methoxy groups -OCH3 is 1. The third kappa shape index (κ3) is 4.07. The molecule has 0 aliphatic rings. The number of nitrogens with one attached hydrogen (secondary N) is 1. The van der Waals surface area contributed by atoms with Crippen molar-refractivity contribution in [3.8, 4) is 16.9 Å². The molecule has 2 aromatic rings. The zero-order chi connectivity index (χ0) is 16.8. The van der Waals surface area contributed by atoms with Crippen LogP contribution < -0.4 is 11.2 Å². The van der Waals surface area contributed by atoms with Gasteiger partial charge in [0.25, 0.3) is 0 Å². The van der Waals surface area contributed by atoms with Crippen LogP contribution in [0.15, 0.2) is 47.6 Å². The molecular weight excluding hydrogens is 298 g/mol. The summed E-state index contributed by atoms with van der Waals surface area (Å²) in [5.41, 5.74) is 9.29. The van der Waals surface area contributed by atoms with Crippen LogP contribution in [0.2, 0.25) is 0 Å². The van der Waals surface area contributed by atoms with E-state index in [-0.39, 0.29) is 5.75 Å². The Balaban J connectivity index is 2.35. The minimum absolute atomic E-state index is 0.00658. The number of ether oxygens (including phenoxy) is 1. The Hall–Kier alpha value is -3.35. The molecule has 0 aromatic heterocycles. The predicted molar refractivity (Wildman–Crippen MR) is 85.2 cm³/mol. The monoisotopic (exact) mass is 313 g/mol. The Bertz CT molecular complexity index is 772. The summed E-state index contributed by atoms with van der Waals surface area (Å²) in [7, 11) is 1.32. The highest BCUT2D eigenvalue weighted by molar-refractivity contribution is 5.92. The first-order valence-electron chi connectivity index (χ1n) is 6.61. The molecule has 0 aliphatic carbocycles. The number of hydrazone groups is 1. The van der Waals surface area contributed by atoms with Crippen LogP contribution in [-0.2, 0) is 4.74 Å². The fourth-order valence-electron chi connectivity index (χ4n) is 1.95. The Labute approximate surface area is 132 Å². The number of carbonyl (C=O) groups excluding carboxylic acids is 2. The summed E-state index contributed by atoms with van der Waals surface area (Å²) in [6.45, 7) is 0. The maximum absolute atomic E-state index is 11.6. The molecule has 118 valence electrons. The number of rotatable bonds is 4. The van der Waals surface area contributed by atoms with E-state index in [1.54, 1.807) is 30.3 Å². The third-order valence-corrected chi connectivity index (χ3v) is 3.02. The van der Waals surface area contributed by atoms with Crippen molar-refractivity contribution >= 4 is 18.2 Å². The van der Waals surface area contributed by atoms with Crippen LogP contribution in [0.1, 0.15) is 15.9 Å². The predicted octanol–water partition coefficient (Wildman–Crippen LogP) is 1.85. The lowest BCUT2D eigenvalue weighted by molar-refractivity contribution is 0.0600. The SMILES string of the molecule is COC(=O)c1cccc(-c2ccc(O)c(C=NNC(N)=O)c2)c1. The summed E-state index contributed by atoms with van der Waals surface area (Å²) in [6.07, 6.45) is 1.27. The molecule has 0 heterocycles. The van der Waals surface area contributed by atoms with E-state index < -0.39 is 12.0 Å². The van der Waals surface area contributed by atoms with E-state index in [0.717, 1.165) is 11.1 Å². The highest BCUT2D eigenvalue weighted by Crippen LogP contribution is 2.26. The van der Waals surface area contributed by atoms with Crippen LogP contribution in [0.3, 0.4) is 0 Å². The van der Waals surface area contributed by atoms with Crippen molar-refractivity contribution in [3.05, 3.63) is 53.6 Å². The van der Waals surface area contributed by atoms with Crippen LogP contribution in [0.4, 0.5) is 4.79 Å². The Kier molecular flexibility index (Phi) is 4.93. The van der Waals surface area contributed by atoms with Crippen molar-refractivity contribution in [2.24, 2.45) is 10.8 Å². The van der Waals surface area contributed by atoms with Gasteiger partial charge in [0, 0.05) is 5.56 Å². The summed E-state index contributed by atoms with van der Waals surface area (Å²) >= 11 is 0. The molecule has 0 fully saturated rings. The van der Waals surface area contributed by atoms with E-state index in [1.165, 1.54) is 19.4 Å². The maximum Gasteiger partial charge on any atom is 0.337 e. The number of benzene rings is 2. The van der Waals surface area contributed by atoms with Gasteiger partial charge in [-0.25, -0.2) is 15.0 Å². The van der Waals surface area contributed by atoms with Crippen molar-refractivity contribution in [1.29, 1.82) is 0 Å². The molecule has 0 unspecified atom stereocenters. The van der Waals surface area contributed by atoms with E-state index in [0.29, 0.717) is 11.1 Å². The second kappa shape index (κ2) is 7.08. The summed E-state index contributed by atoms with van der Waals surface area (Å²) in [5.74, 6) is -0.439. The van der Waals surface area contributed by atoms with Gasteiger partial charge in [-0.3, -0.25) is 0 Å². The molecule has 2 amide bonds. The first kappa shape index (κ1) is 16.0. The van der Waals surface area contributed by atoms with Crippen molar-refractivity contribution in [2.45, 2.75) is 0 Å². The van der Waals surface area contributed by atoms with Gasteiger partial charge in [-0.05, 0) is 35.4 Å². The molecule has 23 heavy (non-hydrogen) atoms. The zero-order valence-electron chi connectivity index (χ0n) is 12.3. The minimum Gasteiger partial charge on any atom is -0.507 e. The van der Waals surface area contributed by atoms with Gasteiger partial charge in [0.05, 0.1) is 18.9 Å². The number of hydrogen-bond acceptors (Lipinski definition) is 5. The van der Waals surface area contributed by atoms with E-state index in [2.05, 4.69) is 5.10 Å². The number of primary amides is 1. The third-order valence-electron chi connectivity index (χ3n) is 3.02. The average Bonchev–Trinajstić information content (AvgIpc) is 2.55. The number of esters is 1. The van der Waals surface area contributed by atoms with Gasteiger partial charge < -0.3 is 15.6 Å². The molecule has 0 spiro atoms.